The lowest BCUT2D eigenvalue weighted by Gasteiger charge is -2.19. The zero-order valence-corrected chi connectivity index (χ0v) is 21.7. The van der Waals surface area contributed by atoms with Crippen LogP contribution in [0.4, 0.5) is 0 Å². The number of imidazole rings is 1. The Labute approximate surface area is 226 Å². The lowest BCUT2D eigenvalue weighted by molar-refractivity contribution is 0.0697. The first-order valence-electron chi connectivity index (χ1n) is 13.4. The molecule has 0 bridgehead atoms. The Morgan fingerprint density at radius 1 is 1.15 bits per heavy atom. The molecule has 4 heterocycles. The van der Waals surface area contributed by atoms with Crippen LogP contribution < -0.4 is 5.69 Å². The summed E-state index contributed by atoms with van der Waals surface area (Å²) in [6.07, 6.45) is 8.55. The summed E-state index contributed by atoms with van der Waals surface area (Å²) in [5, 5.41) is 23.9. The predicted molar refractivity (Wildman–Crippen MR) is 146 cm³/mol. The van der Waals surface area contributed by atoms with E-state index in [0.717, 1.165) is 28.7 Å². The maximum atomic E-state index is 13.3. The molecule has 5 rings (SSSR count). The second-order valence-electron chi connectivity index (χ2n) is 9.25. The van der Waals surface area contributed by atoms with Crippen molar-refractivity contribution in [3.63, 3.8) is 0 Å². The zero-order chi connectivity index (χ0) is 28.2. The van der Waals surface area contributed by atoms with Crippen LogP contribution in [0.1, 0.15) is 68.4 Å². The average molecular weight is 528 g/mol. The number of aromatic amines is 2. The van der Waals surface area contributed by atoms with E-state index in [1.54, 1.807) is 29.4 Å². The smallest absolute Gasteiger partial charge is 0.339 e. The second-order valence-corrected chi connectivity index (χ2v) is 9.25. The number of nitrogens with one attached hydrogen (secondary N) is 2. The molecule has 3 N–H and O–H groups in total. The summed E-state index contributed by atoms with van der Waals surface area (Å²) in [4.78, 5) is 32.6. The molecule has 2 unspecified atom stereocenters. The molecule has 200 valence electrons. The van der Waals surface area contributed by atoms with E-state index in [-0.39, 0.29) is 17.9 Å². The Kier molecular flexibility index (Phi) is 7.11. The number of H-pyrrole nitrogens is 2. The van der Waals surface area contributed by atoms with Gasteiger partial charge in [-0.25, -0.2) is 9.59 Å². The molecule has 0 aliphatic rings. The van der Waals surface area contributed by atoms with Gasteiger partial charge in [-0.3, -0.25) is 9.55 Å². The van der Waals surface area contributed by atoms with Gasteiger partial charge in [-0.1, -0.05) is 50.9 Å². The number of carboxylic acids is 1. The maximum absolute atomic E-state index is 13.3. The Bertz CT molecular complexity index is 1650. The SMILES string of the molecule is [2H]C(C)CCC(c1cn(-c2c(C(=O)O)ccn2CCC)c(=O)[nH]1)c1cnccc1-c1ccc(-c2nn[nH]n2)cc1. The molecule has 11 heteroatoms. The van der Waals surface area contributed by atoms with Gasteiger partial charge in [0.2, 0.25) is 5.82 Å². The summed E-state index contributed by atoms with van der Waals surface area (Å²) in [5.41, 5.74) is 3.86. The van der Waals surface area contributed by atoms with Crippen LogP contribution in [-0.2, 0) is 6.54 Å². The Morgan fingerprint density at radius 3 is 2.64 bits per heavy atom. The van der Waals surface area contributed by atoms with Crippen molar-refractivity contribution >= 4 is 5.97 Å². The lowest BCUT2D eigenvalue weighted by atomic mass is 9.86. The highest BCUT2D eigenvalue weighted by atomic mass is 16.4. The molecule has 2 atom stereocenters. The molecule has 0 radical (unpaired) electrons. The van der Waals surface area contributed by atoms with Crippen LogP contribution in [0.15, 0.2) is 66.0 Å². The van der Waals surface area contributed by atoms with Crippen LogP contribution in [0.3, 0.4) is 0 Å². The number of hydrogen-bond donors (Lipinski definition) is 3. The summed E-state index contributed by atoms with van der Waals surface area (Å²) >= 11 is 0. The van der Waals surface area contributed by atoms with Gasteiger partial charge < -0.3 is 14.7 Å². The molecule has 0 saturated heterocycles. The summed E-state index contributed by atoms with van der Waals surface area (Å²) < 4.78 is 11.3. The third kappa shape index (κ3) is 5.15. The van der Waals surface area contributed by atoms with E-state index in [1.807, 2.05) is 44.2 Å². The van der Waals surface area contributed by atoms with E-state index in [1.165, 1.54) is 10.6 Å². The molecule has 39 heavy (non-hydrogen) atoms. The predicted octanol–water partition coefficient (Wildman–Crippen LogP) is 4.64. The zero-order valence-electron chi connectivity index (χ0n) is 22.7. The highest BCUT2D eigenvalue weighted by Gasteiger charge is 2.24. The van der Waals surface area contributed by atoms with E-state index in [9.17, 15) is 14.7 Å². The average Bonchev–Trinajstić information content (AvgIpc) is 3.70. The van der Waals surface area contributed by atoms with Gasteiger partial charge in [0.25, 0.3) is 0 Å². The van der Waals surface area contributed by atoms with Crippen LogP contribution in [0, 0.1) is 0 Å². The molecule has 0 spiro atoms. The first kappa shape index (κ1) is 24.5. The fraction of sp³-hybridized carbons (Fsp3) is 0.286. The van der Waals surface area contributed by atoms with Gasteiger partial charge >= 0.3 is 11.7 Å². The van der Waals surface area contributed by atoms with Crippen molar-refractivity contribution in [1.82, 2.24) is 39.7 Å². The maximum Gasteiger partial charge on any atom is 0.339 e. The summed E-state index contributed by atoms with van der Waals surface area (Å²) in [6.45, 7) is 4.40. The number of carbonyl (C=O) groups is 1. The van der Waals surface area contributed by atoms with E-state index in [2.05, 4.69) is 30.6 Å². The van der Waals surface area contributed by atoms with Crippen molar-refractivity contribution in [3.05, 3.63) is 88.5 Å². The molecule has 0 saturated carbocycles. The third-order valence-corrected chi connectivity index (χ3v) is 6.74. The monoisotopic (exact) mass is 527 g/mol. The van der Waals surface area contributed by atoms with Gasteiger partial charge in [0.15, 0.2) is 0 Å². The summed E-state index contributed by atoms with van der Waals surface area (Å²) in [7, 11) is 0. The number of aryl methyl sites for hydroxylation is 1. The topological polar surface area (TPSA) is 147 Å². The number of rotatable bonds is 11. The highest BCUT2D eigenvalue weighted by molar-refractivity contribution is 5.91. The van der Waals surface area contributed by atoms with Gasteiger partial charge in [-0.2, -0.15) is 5.21 Å². The number of tetrazole rings is 1. The lowest BCUT2D eigenvalue weighted by Crippen LogP contribution is -2.20. The number of benzene rings is 1. The van der Waals surface area contributed by atoms with Crippen molar-refractivity contribution in [2.75, 3.05) is 0 Å². The number of pyridine rings is 1. The fourth-order valence-corrected chi connectivity index (χ4v) is 4.91. The van der Waals surface area contributed by atoms with Gasteiger partial charge in [-0.05, 0) is 46.9 Å². The van der Waals surface area contributed by atoms with E-state index in [0.29, 0.717) is 36.7 Å². The molecule has 1 aromatic carbocycles. The normalized spacial score (nSPS) is 13.2. The minimum absolute atomic E-state index is 0.0567. The summed E-state index contributed by atoms with van der Waals surface area (Å²) in [5.74, 6) is -0.572. The second kappa shape index (κ2) is 11.3. The molecule has 11 nitrogen and oxygen atoms in total. The van der Waals surface area contributed by atoms with Gasteiger partial charge in [0, 0.05) is 49.9 Å². The Morgan fingerprint density at radius 2 is 1.95 bits per heavy atom. The Hall–Kier alpha value is -4.80. The van der Waals surface area contributed by atoms with E-state index in [4.69, 9.17) is 1.37 Å². The van der Waals surface area contributed by atoms with Crippen LogP contribution >= 0.6 is 0 Å². The third-order valence-electron chi connectivity index (χ3n) is 6.74. The molecule has 5 aromatic rings. The number of aromatic carboxylic acids is 1. The van der Waals surface area contributed by atoms with Crippen molar-refractivity contribution in [2.45, 2.75) is 52.0 Å². The van der Waals surface area contributed by atoms with Crippen molar-refractivity contribution < 1.29 is 11.3 Å². The molecule has 0 aliphatic heterocycles. The number of nitrogens with zero attached hydrogens (tertiary/aromatic N) is 6. The van der Waals surface area contributed by atoms with Crippen LogP contribution in [-0.4, -0.2) is 50.8 Å². The van der Waals surface area contributed by atoms with Crippen molar-refractivity contribution in [3.8, 4) is 28.3 Å². The minimum Gasteiger partial charge on any atom is -0.478 e. The quantitative estimate of drug-likeness (QED) is 0.227. The first-order valence-corrected chi connectivity index (χ1v) is 12.8. The molecular formula is C28H30N8O3. The number of carboxylic acid groups (broad SMARTS) is 1. The highest BCUT2D eigenvalue weighted by Crippen LogP contribution is 2.36. The molecule has 0 fully saturated rings. The largest absolute Gasteiger partial charge is 0.478 e. The van der Waals surface area contributed by atoms with Crippen molar-refractivity contribution in [1.29, 1.82) is 0 Å². The van der Waals surface area contributed by atoms with Crippen LogP contribution in [0.25, 0.3) is 28.3 Å². The van der Waals surface area contributed by atoms with E-state index >= 15 is 0 Å². The minimum atomic E-state index is -1.10. The van der Waals surface area contributed by atoms with Gasteiger partial charge in [-0.15, -0.1) is 10.2 Å². The van der Waals surface area contributed by atoms with Gasteiger partial charge in [0.1, 0.15) is 11.4 Å². The van der Waals surface area contributed by atoms with E-state index < -0.39 is 11.7 Å². The molecule has 0 aliphatic carbocycles. The van der Waals surface area contributed by atoms with Crippen molar-refractivity contribution in [2.24, 2.45) is 0 Å². The van der Waals surface area contributed by atoms with Crippen LogP contribution in [0.2, 0.25) is 0 Å². The summed E-state index contributed by atoms with van der Waals surface area (Å²) in [6, 6.07) is 11.2. The van der Waals surface area contributed by atoms with Gasteiger partial charge in [0.05, 0.1) is 0 Å². The molecule has 4 aromatic heterocycles. The number of aromatic nitrogens is 8. The first-order chi connectivity index (χ1) is 19.4. The Balaban J connectivity index is 1.59. The molecule has 0 amide bonds. The fourth-order valence-electron chi connectivity index (χ4n) is 4.91. The number of hydrogen-bond acceptors (Lipinski definition) is 6. The molecular weight excluding hydrogens is 496 g/mol. The van der Waals surface area contributed by atoms with Crippen LogP contribution in [0.5, 0.6) is 0 Å². The standard InChI is InChI=1S/C28H30N8O3/c1-3-5-6-21(24-17-36(28(39)30-24)26-22(27(37)38)12-15-35(26)14-4-2)23-16-29-13-11-20(23)18-7-9-19(10-8-18)25-31-33-34-32-25/h7-13,15-17,21H,3-6,14H2,1-2H3,(H,30,39)(H,37,38)(H,31,32,33,34)/i3D.